The molecular formula is C46H87NO4. The Bertz CT molecular complexity index is 794. The number of unbranched alkanes of at least 4 members (excludes halogenated alkanes) is 27. The maximum atomic E-state index is 12.4. The zero-order chi connectivity index (χ0) is 37.3. The fourth-order valence-corrected chi connectivity index (χ4v) is 6.74. The summed E-state index contributed by atoms with van der Waals surface area (Å²) in [6, 6.07) is -0.831. The normalized spacial score (nSPS) is 13.9. The van der Waals surface area contributed by atoms with Crippen LogP contribution in [0.25, 0.3) is 0 Å². The Morgan fingerprint density at radius 2 is 0.843 bits per heavy atom. The molecule has 0 aromatic carbocycles. The third-order valence-corrected chi connectivity index (χ3v) is 10.2. The Labute approximate surface area is 317 Å². The van der Waals surface area contributed by atoms with Gasteiger partial charge in [-0.1, -0.05) is 192 Å². The Balaban J connectivity index is 3.66. The number of aliphatic hydroxyl groups is 3. The predicted molar refractivity (Wildman–Crippen MR) is 222 cm³/mol. The summed E-state index contributed by atoms with van der Waals surface area (Å²) in [7, 11) is 0. The van der Waals surface area contributed by atoms with E-state index >= 15 is 0 Å². The minimum atomic E-state index is -1.16. The fraction of sp³-hybridized carbons (Fsp3) is 0.848. The van der Waals surface area contributed by atoms with E-state index in [1.807, 2.05) is 0 Å². The van der Waals surface area contributed by atoms with Crippen LogP contribution >= 0.6 is 0 Å². The summed E-state index contributed by atoms with van der Waals surface area (Å²) in [6.07, 6.45) is 51.1. The first-order valence-electron chi connectivity index (χ1n) is 22.3. The van der Waals surface area contributed by atoms with E-state index in [1.165, 1.54) is 154 Å². The lowest BCUT2D eigenvalue weighted by Gasteiger charge is -2.26. The number of hydrogen-bond acceptors (Lipinski definition) is 4. The minimum Gasteiger partial charge on any atom is -0.394 e. The molecular weight excluding hydrogens is 631 g/mol. The average Bonchev–Trinajstić information content (AvgIpc) is 3.13. The highest BCUT2D eigenvalue weighted by atomic mass is 16.3. The molecule has 0 saturated heterocycles. The average molecular weight is 718 g/mol. The molecule has 5 nitrogen and oxygen atoms in total. The van der Waals surface area contributed by atoms with Crippen molar-refractivity contribution in [1.29, 1.82) is 0 Å². The Morgan fingerprint density at radius 1 is 0.490 bits per heavy atom. The first-order valence-corrected chi connectivity index (χ1v) is 22.3. The van der Waals surface area contributed by atoms with Gasteiger partial charge in [0.1, 0.15) is 6.10 Å². The van der Waals surface area contributed by atoms with Crippen LogP contribution in [-0.2, 0) is 4.79 Å². The lowest BCUT2D eigenvalue weighted by atomic mass is 10.0. The van der Waals surface area contributed by atoms with E-state index in [1.54, 1.807) is 0 Å². The molecule has 4 N–H and O–H groups in total. The van der Waals surface area contributed by atoms with E-state index in [0.29, 0.717) is 12.8 Å². The smallest absolute Gasteiger partial charge is 0.220 e. The molecule has 0 aliphatic heterocycles. The van der Waals surface area contributed by atoms with Crippen LogP contribution in [0.1, 0.15) is 226 Å². The largest absolute Gasteiger partial charge is 0.394 e. The number of aliphatic hydroxyl groups excluding tert-OH is 3. The summed E-state index contributed by atoms with van der Waals surface area (Å²) in [5, 5.41) is 33.5. The molecule has 1 amide bonds. The molecule has 3 unspecified atom stereocenters. The standard InChI is InChI=1S/C46H87NO4/c1-3-5-7-9-11-13-15-17-19-20-21-22-23-24-25-27-28-30-32-34-36-38-40-44(49)46(51)43(42-48)47-45(50)41-39-37-35-33-31-29-26-18-16-14-12-10-8-6-4-2/h12,14,16,18,32,34,43-44,46,48-49,51H,3-11,13,15,17,19-31,33,35-42H2,1-2H3,(H,47,50)/b14-12-,18-16-,34-32+. The Morgan fingerprint density at radius 3 is 1.29 bits per heavy atom. The van der Waals surface area contributed by atoms with Crippen molar-refractivity contribution in [2.45, 2.75) is 244 Å². The van der Waals surface area contributed by atoms with Crippen LogP contribution in [0.3, 0.4) is 0 Å². The number of carbonyl (C=O) groups excluding carboxylic acids is 1. The van der Waals surface area contributed by atoms with Crippen LogP contribution in [0.5, 0.6) is 0 Å². The molecule has 0 aromatic heterocycles. The van der Waals surface area contributed by atoms with Crippen LogP contribution in [0.4, 0.5) is 0 Å². The van der Waals surface area contributed by atoms with Crippen molar-refractivity contribution >= 4 is 5.91 Å². The summed E-state index contributed by atoms with van der Waals surface area (Å²) >= 11 is 0. The molecule has 0 bridgehead atoms. The maximum absolute atomic E-state index is 12.4. The second kappa shape index (κ2) is 41.3. The highest BCUT2D eigenvalue weighted by Crippen LogP contribution is 2.15. The van der Waals surface area contributed by atoms with E-state index in [4.69, 9.17) is 0 Å². The number of amides is 1. The number of hydrogen-bond donors (Lipinski definition) is 4. The van der Waals surface area contributed by atoms with Crippen molar-refractivity contribution in [3.05, 3.63) is 36.5 Å². The van der Waals surface area contributed by atoms with Gasteiger partial charge in [-0.05, 0) is 64.2 Å². The summed E-state index contributed by atoms with van der Waals surface area (Å²) in [5.74, 6) is -0.166. The molecule has 300 valence electrons. The van der Waals surface area contributed by atoms with Crippen LogP contribution in [-0.4, -0.2) is 46.1 Å². The molecule has 0 heterocycles. The van der Waals surface area contributed by atoms with E-state index in [0.717, 1.165) is 44.9 Å². The van der Waals surface area contributed by atoms with Gasteiger partial charge < -0.3 is 20.6 Å². The predicted octanol–water partition coefficient (Wildman–Crippen LogP) is 12.8. The molecule has 0 radical (unpaired) electrons. The van der Waals surface area contributed by atoms with Gasteiger partial charge >= 0.3 is 0 Å². The molecule has 0 rings (SSSR count). The summed E-state index contributed by atoms with van der Waals surface area (Å²) in [6.45, 7) is 4.14. The number of rotatable bonds is 40. The lowest BCUT2D eigenvalue weighted by molar-refractivity contribution is -0.124. The summed E-state index contributed by atoms with van der Waals surface area (Å²) < 4.78 is 0. The van der Waals surface area contributed by atoms with Crippen LogP contribution in [0.15, 0.2) is 36.5 Å². The maximum Gasteiger partial charge on any atom is 0.220 e. The molecule has 5 heteroatoms. The molecule has 0 aliphatic rings. The van der Waals surface area contributed by atoms with Crippen LogP contribution < -0.4 is 5.32 Å². The third kappa shape index (κ3) is 36.7. The van der Waals surface area contributed by atoms with Gasteiger partial charge in [-0.3, -0.25) is 4.79 Å². The zero-order valence-corrected chi connectivity index (χ0v) is 34.0. The van der Waals surface area contributed by atoms with Crippen molar-refractivity contribution in [1.82, 2.24) is 5.32 Å². The second-order valence-corrected chi connectivity index (χ2v) is 15.3. The van der Waals surface area contributed by atoms with Gasteiger partial charge in [-0.15, -0.1) is 0 Å². The highest BCUT2D eigenvalue weighted by molar-refractivity contribution is 5.76. The number of nitrogens with one attached hydrogen (secondary N) is 1. The second-order valence-electron chi connectivity index (χ2n) is 15.3. The molecule has 0 spiro atoms. The van der Waals surface area contributed by atoms with E-state index < -0.39 is 18.2 Å². The molecule has 0 fully saturated rings. The quantitative estimate of drug-likeness (QED) is 0.0288. The minimum absolute atomic E-state index is 0.166. The van der Waals surface area contributed by atoms with E-state index in [2.05, 4.69) is 55.6 Å². The van der Waals surface area contributed by atoms with Gasteiger partial charge in [0, 0.05) is 6.42 Å². The molecule has 51 heavy (non-hydrogen) atoms. The van der Waals surface area contributed by atoms with Crippen molar-refractivity contribution in [3.63, 3.8) is 0 Å². The summed E-state index contributed by atoms with van der Waals surface area (Å²) in [4.78, 5) is 12.4. The first-order chi connectivity index (χ1) is 25.1. The first kappa shape index (κ1) is 49.6. The zero-order valence-electron chi connectivity index (χ0n) is 34.0. The van der Waals surface area contributed by atoms with Crippen molar-refractivity contribution in [2.75, 3.05) is 6.61 Å². The van der Waals surface area contributed by atoms with Crippen LogP contribution in [0, 0.1) is 0 Å². The van der Waals surface area contributed by atoms with Gasteiger partial charge in [0.2, 0.25) is 5.91 Å². The molecule has 0 aliphatic carbocycles. The topological polar surface area (TPSA) is 89.8 Å². The van der Waals surface area contributed by atoms with Crippen LogP contribution in [0.2, 0.25) is 0 Å². The van der Waals surface area contributed by atoms with Gasteiger partial charge in [0.25, 0.3) is 0 Å². The van der Waals surface area contributed by atoms with Crippen molar-refractivity contribution in [3.8, 4) is 0 Å². The van der Waals surface area contributed by atoms with Crippen molar-refractivity contribution < 1.29 is 20.1 Å². The SMILES string of the molecule is CCCCC/C=C\C=C/CCCCCCCCC(=O)NC(CO)C(O)C(O)CCC/C=C/CCCCCCCCCCCCCCCCCCC. The van der Waals surface area contributed by atoms with Gasteiger partial charge in [-0.2, -0.15) is 0 Å². The highest BCUT2D eigenvalue weighted by Gasteiger charge is 2.26. The number of allylic oxidation sites excluding steroid dienone is 6. The Kier molecular flexibility index (Phi) is 40.2. The molecule has 0 saturated carbocycles. The monoisotopic (exact) mass is 718 g/mol. The molecule has 0 aromatic rings. The van der Waals surface area contributed by atoms with E-state index in [9.17, 15) is 20.1 Å². The third-order valence-electron chi connectivity index (χ3n) is 10.2. The number of carbonyl (C=O) groups is 1. The van der Waals surface area contributed by atoms with Gasteiger partial charge in [0.15, 0.2) is 0 Å². The molecule has 3 atom stereocenters. The van der Waals surface area contributed by atoms with Crippen molar-refractivity contribution in [2.24, 2.45) is 0 Å². The van der Waals surface area contributed by atoms with E-state index in [-0.39, 0.29) is 12.5 Å². The summed E-state index contributed by atoms with van der Waals surface area (Å²) in [5.41, 5.74) is 0. The fourth-order valence-electron chi connectivity index (χ4n) is 6.74. The Hall–Kier alpha value is -1.43. The lowest BCUT2D eigenvalue weighted by Crippen LogP contribution is -2.50. The van der Waals surface area contributed by atoms with Gasteiger partial charge in [0.05, 0.1) is 18.8 Å². The van der Waals surface area contributed by atoms with Gasteiger partial charge in [-0.25, -0.2) is 0 Å².